The molecule has 7 heavy (non-hydrogen) atoms. The van der Waals surface area contributed by atoms with Crippen LogP contribution in [0.3, 0.4) is 0 Å². The van der Waals surface area contributed by atoms with Gasteiger partial charge in [0.2, 0.25) is 0 Å². The summed E-state index contributed by atoms with van der Waals surface area (Å²) >= 11 is 0. The molecule has 0 amide bonds. The molecule has 2 aliphatic carbocycles. The molecule has 0 nitrogen and oxygen atoms in total. The summed E-state index contributed by atoms with van der Waals surface area (Å²) in [6.07, 6.45) is 8.76. The maximum absolute atomic E-state index is 2.28. The quantitative estimate of drug-likeness (QED) is 0.464. The van der Waals surface area contributed by atoms with Crippen LogP contribution in [0.1, 0.15) is 19.3 Å². The van der Waals surface area contributed by atoms with Gasteiger partial charge in [-0.25, -0.2) is 0 Å². The third-order valence-corrected chi connectivity index (χ3v) is 1.79. The zero-order valence-corrected chi connectivity index (χ0v) is 4.35. The highest BCUT2D eigenvalue weighted by Gasteiger charge is 2.31. The number of allylic oxidation sites excluding steroid dienone is 2. The minimum absolute atomic E-state index is 1.03. The van der Waals surface area contributed by atoms with Crippen molar-refractivity contribution in [3.8, 4) is 0 Å². The molecule has 0 heterocycles. The average molecular weight is 93.1 g/mol. The van der Waals surface area contributed by atoms with Gasteiger partial charge in [0, 0.05) is 5.92 Å². The second-order valence-electron chi connectivity index (χ2n) is 2.46. The molecule has 1 saturated carbocycles. The van der Waals surface area contributed by atoms with E-state index in [2.05, 4.69) is 12.2 Å². The van der Waals surface area contributed by atoms with Crippen LogP contribution >= 0.6 is 0 Å². The van der Waals surface area contributed by atoms with Gasteiger partial charge in [0.25, 0.3) is 0 Å². The van der Waals surface area contributed by atoms with Gasteiger partial charge in [-0.3, -0.25) is 0 Å². The summed E-state index contributed by atoms with van der Waals surface area (Å²) < 4.78 is 0. The first kappa shape index (κ1) is 3.71. The van der Waals surface area contributed by atoms with E-state index >= 15 is 0 Å². The molecule has 0 heteroatoms. The first-order valence-corrected chi connectivity index (χ1v) is 2.99. The molecule has 0 aromatic rings. The Hall–Kier alpha value is -0.260. The summed E-state index contributed by atoms with van der Waals surface area (Å²) in [7, 11) is 0. The van der Waals surface area contributed by atoms with Gasteiger partial charge in [-0.1, -0.05) is 12.2 Å². The molecule has 2 aliphatic rings. The minimum atomic E-state index is 1.03. The van der Waals surface area contributed by atoms with Crippen LogP contribution in [0.15, 0.2) is 12.2 Å². The molecule has 0 aliphatic heterocycles. The molecule has 0 aromatic carbocycles. The van der Waals surface area contributed by atoms with Gasteiger partial charge in [0.1, 0.15) is 0 Å². The van der Waals surface area contributed by atoms with Crippen molar-refractivity contribution >= 4 is 0 Å². The SMILES string of the molecule is C1=C[C](C2CC2)C1. The Morgan fingerprint density at radius 3 is 2.29 bits per heavy atom. The second kappa shape index (κ2) is 1.12. The Morgan fingerprint density at radius 1 is 1.43 bits per heavy atom. The largest absolute Gasteiger partial charge is 0.0870 e. The lowest BCUT2D eigenvalue weighted by Crippen LogP contribution is -2.00. The number of hydrogen-bond donors (Lipinski definition) is 0. The topological polar surface area (TPSA) is 0 Å². The van der Waals surface area contributed by atoms with E-state index in [0.29, 0.717) is 0 Å². The molecule has 1 radical (unpaired) electrons. The normalized spacial score (nSPS) is 30.3. The highest BCUT2D eigenvalue weighted by atomic mass is 14.4. The summed E-state index contributed by atoms with van der Waals surface area (Å²) in [5.41, 5.74) is 0. The van der Waals surface area contributed by atoms with Crippen LogP contribution in [0.25, 0.3) is 0 Å². The van der Waals surface area contributed by atoms with Gasteiger partial charge in [-0.2, -0.15) is 0 Å². The van der Waals surface area contributed by atoms with E-state index in [4.69, 9.17) is 0 Å². The summed E-state index contributed by atoms with van der Waals surface area (Å²) in [6.45, 7) is 0. The molecule has 0 N–H and O–H groups in total. The third kappa shape index (κ3) is 0.495. The van der Waals surface area contributed by atoms with Crippen LogP contribution in [-0.4, -0.2) is 0 Å². The van der Waals surface area contributed by atoms with E-state index in [-0.39, 0.29) is 0 Å². The highest BCUT2D eigenvalue weighted by Crippen LogP contribution is 2.44. The fraction of sp³-hybridized carbons (Fsp3) is 0.571. The molecular weight excluding hydrogens is 84.1 g/mol. The summed E-state index contributed by atoms with van der Waals surface area (Å²) in [4.78, 5) is 0. The van der Waals surface area contributed by atoms with Crippen LogP contribution < -0.4 is 0 Å². The zero-order valence-electron chi connectivity index (χ0n) is 4.35. The Balaban J connectivity index is 1.96. The summed E-state index contributed by atoms with van der Waals surface area (Å²) in [6, 6.07) is 0. The molecule has 0 saturated heterocycles. The third-order valence-electron chi connectivity index (χ3n) is 1.79. The van der Waals surface area contributed by atoms with E-state index in [1.54, 1.807) is 5.92 Å². The fourth-order valence-electron chi connectivity index (χ4n) is 1.01. The average Bonchev–Trinajstić information content (AvgIpc) is 2.10. The van der Waals surface area contributed by atoms with Crippen molar-refractivity contribution in [1.29, 1.82) is 0 Å². The minimum Gasteiger partial charge on any atom is -0.0870 e. The Labute approximate surface area is 44.2 Å². The Kier molecular flexibility index (Phi) is 0.592. The van der Waals surface area contributed by atoms with Crippen LogP contribution in [-0.2, 0) is 0 Å². The number of rotatable bonds is 1. The van der Waals surface area contributed by atoms with Gasteiger partial charge in [-0.15, -0.1) is 0 Å². The summed E-state index contributed by atoms with van der Waals surface area (Å²) in [5.74, 6) is 2.74. The Bertz CT molecular complexity index is 98.6. The zero-order chi connectivity index (χ0) is 4.69. The van der Waals surface area contributed by atoms with Crippen molar-refractivity contribution in [2.24, 2.45) is 5.92 Å². The lowest BCUT2D eigenvalue weighted by atomic mass is 9.91. The number of hydrogen-bond acceptors (Lipinski definition) is 0. The molecule has 0 aromatic heterocycles. The van der Waals surface area contributed by atoms with Gasteiger partial charge in [-0.05, 0) is 25.2 Å². The molecule has 0 atom stereocenters. The van der Waals surface area contributed by atoms with E-state index in [1.165, 1.54) is 19.3 Å². The van der Waals surface area contributed by atoms with Crippen molar-refractivity contribution in [2.45, 2.75) is 19.3 Å². The molecule has 2 rings (SSSR count). The predicted octanol–water partition coefficient (Wildman–Crippen LogP) is 1.93. The van der Waals surface area contributed by atoms with Crippen LogP contribution in [0.4, 0.5) is 0 Å². The van der Waals surface area contributed by atoms with Crippen molar-refractivity contribution in [3.63, 3.8) is 0 Å². The molecule has 1 fully saturated rings. The fourth-order valence-corrected chi connectivity index (χ4v) is 1.01. The van der Waals surface area contributed by atoms with Crippen molar-refractivity contribution < 1.29 is 0 Å². The van der Waals surface area contributed by atoms with Gasteiger partial charge in [0.15, 0.2) is 0 Å². The van der Waals surface area contributed by atoms with Crippen LogP contribution in [0.5, 0.6) is 0 Å². The molecular formula is C7H9. The van der Waals surface area contributed by atoms with Crippen LogP contribution in [0, 0.1) is 11.8 Å². The maximum atomic E-state index is 2.28. The van der Waals surface area contributed by atoms with Crippen molar-refractivity contribution in [3.05, 3.63) is 18.1 Å². The van der Waals surface area contributed by atoms with E-state index in [0.717, 1.165) is 5.92 Å². The highest BCUT2D eigenvalue weighted by molar-refractivity contribution is 5.28. The van der Waals surface area contributed by atoms with Crippen LogP contribution in [0.2, 0.25) is 0 Å². The van der Waals surface area contributed by atoms with Crippen molar-refractivity contribution in [1.82, 2.24) is 0 Å². The van der Waals surface area contributed by atoms with E-state index in [9.17, 15) is 0 Å². The maximum Gasteiger partial charge on any atom is 0.00409 e. The predicted molar refractivity (Wildman–Crippen MR) is 29.7 cm³/mol. The lowest BCUT2D eigenvalue weighted by Gasteiger charge is -2.14. The second-order valence-corrected chi connectivity index (χ2v) is 2.46. The Morgan fingerprint density at radius 2 is 2.14 bits per heavy atom. The first-order valence-electron chi connectivity index (χ1n) is 2.99. The molecule has 0 spiro atoms. The molecule has 0 bridgehead atoms. The van der Waals surface area contributed by atoms with E-state index < -0.39 is 0 Å². The molecule has 0 unspecified atom stereocenters. The summed E-state index contributed by atoms with van der Waals surface area (Å²) in [5, 5.41) is 0. The standard InChI is InChI=1S/C7H9/c1-2-6(3-1)7-4-5-7/h1-2,7H,3-5H2. The van der Waals surface area contributed by atoms with Gasteiger partial charge >= 0.3 is 0 Å². The van der Waals surface area contributed by atoms with Gasteiger partial charge < -0.3 is 0 Å². The van der Waals surface area contributed by atoms with E-state index in [1.807, 2.05) is 0 Å². The monoisotopic (exact) mass is 93.1 g/mol. The van der Waals surface area contributed by atoms with Gasteiger partial charge in [0.05, 0.1) is 0 Å². The smallest absolute Gasteiger partial charge is 0.00409 e. The lowest BCUT2D eigenvalue weighted by molar-refractivity contribution is 0.800. The molecule has 37 valence electrons. The van der Waals surface area contributed by atoms with Crippen molar-refractivity contribution in [2.75, 3.05) is 0 Å². The first-order chi connectivity index (χ1) is 3.47.